The molecule has 0 saturated heterocycles. The first kappa shape index (κ1) is 13.4. The van der Waals surface area contributed by atoms with E-state index in [0.29, 0.717) is 0 Å². The van der Waals surface area contributed by atoms with Crippen molar-refractivity contribution in [2.75, 3.05) is 12.4 Å². The number of carbonyl (C=O) groups excluding carboxylic acids is 2. The van der Waals surface area contributed by atoms with E-state index in [9.17, 15) is 24.8 Å². The van der Waals surface area contributed by atoms with Crippen molar-refractivity contribution >= 4 is 23.3 Å². The molecule has 0 aliphatic rings. The first-order valence-corrected chi connectivity index (χ1v) is 4.74. The summed E-state index contributed by atoms with van der Waals surface area (Å²) in [5, 5.41) is 22.5. The molecule has 2 N–H and O–H groups in total. The highest BCUT2D eigenvalue weighted by Gasteiger charge is 2.22. The van der Waals surface area contributed by atoms with Gasteiger partial charge in [-0.2, -0.15) is 0 Å². The Morgan fingerprint density at radius 1 is 1.44 bits per heavy atom. The van der Waals surface area contributed by atoms with Gasteiger partial charge in [0.15, 0.2) is 0 Å². The first-order valence-electron chi connectivity index (χ1n) is 4.74. The van der Waals surface area contributed by atoms with Gasteiger partial charge in [-0.05, 0) is 0 Å². The monoisotopic (exact) mass is 254 g/mol. The Morgan fingerprint density at radius 2 is 2.06 bits per heavy atom. The van der Waals surface area contributed by atoms with Gasteiger partial charge in [-0.1, -0.05) is 0 Å². The van der Waals surface area contributed by atoms with Crippen LogP contribution in [0.25, 0.3) is 0 Å². The summed E-state index contributed by atoms with van der Waals surface area (Å²) in [6.45, 7) is 1.16. The maximum absolute atomic E-state index is 11.3. The molecule has 0 fully saturated rings. The number of ether oxygens (including phenoxy) is 1. The zero-order chi connectivity index (χ0) is 13.9. The summed E-state index contributed by atoms with van der Waals surface area (Å²) in [6, 6.07) is 1.76. The van der Waals surface area contributed by atoms with Gasteiger partial charge in [0.25, 0.3) is 5.69 Å². The summed E-state index contributed by atoms with van der Waals surface area (Å²) in [7, 11) is 1.08. The SMILES string of the molecule is COC(=O)c1cc([N+](=O)[O-])c(NC(C)=O)cc1O. The van der Waals surface area contributed by atoms with Crippen molar-refractivity contribution in [1.29, 1.82) is 0 Å². The number of nitro benzene ring substituents is 1. The van der Waals surface area contributed by atoms with Crippen LogP contribution in [-0.4, -0.2) is 29.0 Å². The third kappa shape index (κ3) is 2.73. The Morgan fingerprint density at radius 3 is 2.50 bits per heavy atom. The number of phenols is 1. The van der Waals surface area contributed by atoms with Crippen LogP contribution in [0.2, 0.25) is 0 Å². The third-order valence-corrected chi connectivity index (χ3v) is 2.03. The minimum absolute atomic E-state index is 0.197. The number of benzene rings is 1. The van der Waals surface area contributed by atoms with E-state index in [2.05, 4.69) is 10.1 Å². The lowest BCUT2D eigenvalue weighted by molar-refractivity contribution is -0.384. The van der Waals surface area contributed by atoms with Crippen molar-refractivity contribution < 1.29 is 24.4 Å². The molecule has 0 aliphatic heterocycles. The number of methoxy groups -OCH3 is 1. The normalized spacial score (nSPS) is 9.67. The molecule has 0 unspecified atom stereocenters. The minimum Gasteiger partial charge on any atom is -0.507 e. The van der Waals surface area contributed by atoms with E-state index in [0.717, 1.165) is 26.2 Å². The minimum atomic E-state index is -0.912. The van der Waals surface area contributed by atoms with Crippen molar-refractivity contribution in [2.24, 2.45) is 0 Å². The molecule has 0 aliphatic carbocycles. The Hall–Kier alpha value is -2.64. The average molecular weight is 254 g/mol. The molecule has 18 heavy (non-hydrogen) atoms. The molecule has 1 aromatic carbocycles. The summed E-state index contributed by atoms with van der Waals surface area (Å²) >= 11 is 0. The maximum Gasteiger partial charge on any atom is 0.341 e. The lowest BCUT2D eigenvalue weighted by Gasteiger charge is -2.07. The number of anilines is 1. The van der Waals surface area contributed by atoms with Crippen LogP contribution >= 0.6 is 0 Å². The van der Waals surface area contributed by atoms with E-state index in [-0.39, 0.29) is 11.3 Å². The summed E-state index contributed by atoms with van der Waals surface area (Å²) in [6.07, 6.45) is 0. The summed E-state index contributed by atoms with van der Waals surface area (Å²) in [4.78, 5) is 32.1. The van der Waals surface area contributed by atoms with Crippen LogP contribution < -0.4 is 5.32 Å². The summed E-state index contributed by atoms with van der Waals surface area (Å²) in [5.74, 6) is -1.97. The second kappa shape index (κ2) is 5.13. The highest BCUT2D eigenvalue weighted by molar-refractivity contribution is 5.97. The molecule has 96 valence electrons. The number of nitrogens with zero attached hydrogens (tertiary/aromatic N) is 1. The molecular weight excluding hydrogens is 244 g/mol. The van der Waals surface area contributed by atoms with E-state index >= 15 is 0 Å². The van der Waals surface area contributed by atoms with Crippen LogP contribution in [0.4, 0.5) is 11.4 Å². The van der Waals surface area contributed by atoms with E-state index in [1.54, 1.807) is 0 Å². The standard InChI is InChI=1S/C10H10N2O6/c1-5(13)11-7-4-9(14)6(10(15)18-2)3-8(7)12(16)17/h3-4,14H,1-2H3,(H,11,13). The number of amides is 1. The third-order valence-electron chi connectivity index (χ3n) is 2.03. The molecule has 0 aromatic heterocycles. The van der Waals surface area contributed by atoms with E-state index in [4.69, 9.17) is 0 Å². The van der Waals surface area contributed by atoms with Gasteiger partial charge < -0.3 is 15.2 Å². The quantitative estimate of drug-likeness (QED) is 0.472. The predicted octanol–water partition coefficient (Wildman–Crippen LogP) is 1.05. The fraction of sp³-hybridized carbons (Fsp3) is 0.200. The molecule has 0 radical (unpaired) electrons. The van der Waals surface area contributed by atoms with Crippen LogP contribution in [0, 0.1) is 10.1 Å². The molecule has 8 nitrogen and oxygen atoms in total. The van der Waals surface area contributed by atoms with Gasteiger partial charge in [-0.3, -0.25) is 14.9 Å². The Labute approximate surface area is 101 Å². The Bertz CT molecular complexity index is 525. The van der Waals surface area contributed by atoms with Crippen LogP contribution in [0.1, 0.15) is 17.3 Å². The van der Waals surface area contributed by atoms with Crippen molar-refractivity contribution in [3.05, 3.63) is 27.8 Å². The fourth-order valence-corrected chi connectivity index (χ4v) is 1.29. The van der Waals surface area contributed by atoms with Crippen molar-refractivity contribution in [3.63, 3.8) is 0 Å². The molecule has 0 spiro atoms. The van der Waals surface area contributed by atoms with Crippen molar-refractivity contribution in [2.45, 2.75) is 6.92 Å². The number of phenolic OH excluding ortho intramolecular Hbond substituents is 1. The number of carbonyl (C=O) groups is 2. The van der Waals surface area contributed by atoms with Gasteiger partial charge >= 0.3 is 5.97 Å². The van der Waals surface area contributed by atoms with Gasteiger partial charge in [0.1, 0.15) is 17.0 Å². The van der Waals surface area contributed by atoms with Crippen LogP contribution in [0.5, 0.6) is 5.75 Å². The van der Waals surface area contributed by atoms with Gasteiger partial charge in [-0.15, -0.1) is 0 Å². The largest absolute Gasteiger partial charge is 0.507 e. The van der Waals surface area contributed by atoms with Gasteiger partial charge in [-0.25, -0.2) is 4.79 Å². The van der Waals surface area contributed by atoms with E-state index < -0.39 is 28.2 Å². The smallest absolute Gasteiger partial charge is 0.341 e. The number of rotatable bonds is 3. The van der Waals surface area contributed by atoms with Crippen LogP contribution in [-0.2, 0) is 9.53 Å². The zero-order valence-corrected chi connectivity index (χ0v) is 9.59. The Balaban J connectivity index is 3.38. The number of esters is 1. The second-order valence-corrected chi connectivity index (χ2v) is 3.32. The van der Waals surface area contributed by atoms with E-state index in [1.807, 2.05) is 0 Å². The average Bonchev–Trinajstić information content (AvgIpc) is 2.27. The van der Waals surface area contributed by atoms with Gasteiger partial charge in [0.2, 0.25) is 5.91 Å². The number of nitro groups is 1. The van der Waals surface area contributed by atoms with Gasteiger partial charge in [0.05, 0.1) is 12.0 Å². The highest BCUT2D eigenvalue weighted by atomic mass is 16.6. The second-order valence-electron chi connectivity index (χ2n) is 3.32. The van der Waals surface area contributed by atoms with Crippen LogP contribution in [0.3, 0.4) is 0 Å². The number of hydrogen-bond acceptors (Lipinski definition) is 6. The topological polar surface area (TPSA) is 119 Å². The predicted molar refractivity (Wildman–Crippen MR) is 60.4 cm³/mol. The molecule has 0 atom stereocenters. The highest BCUT2D eigenvalue weighted by Crippen LogP contribution is 2.32. The lowest BCUT2D eigenvalue weighted by Crippen LogP contribution is -2.10. The Kier molecular flexibility index (Phi) is 3.82. The maximum atomic E-state index is 11.3. The lowest BCUT2D eigenvalue weighted by atomic mass is 10.1. The van der Waals surface area contributed by atoms with E-state index in [1.165, 1.54) is 0 Å². The fourth-order valence-electron chi connectivity index (χ4n) is 1.29. The number of nitrogens with one attached hydrogen (secondary N) is 1. The molecule has 0 bridgehead atoms. The molecule has 1 rings (SSSR count). The molecule has 1 aromatic rings. The number of hydrogen-bond donors (Lipinski definition) is 2. The van der Waals surface area contributed by atoms with Crippen LogP contribution in [0.15, 0.2) is 12.1 Å². The molecule has 1 amide bonds. The molecular formula is C10H10N2O6. The molecule has 0 heterocycles. The van der Waals surface area contributed by atoms with Gasteiger partial charge in [0, 0.05) is 19.1 Å². The summed E-state index contributed by atoms with van der Waals surface area (Å²) in [5.41, 5.74) is -1.06. The van der Waals surface area contributed by atoms with Crippen molar-refractivity contribution in [1.82, 2.24) is 0 Å². The molecule has 0 saturated carbocycles. The number of aromatic hydroxyl groups is 1. The van der Waals surface area contributed by atoms with Crippen molar-refractivity contribution in [3.8, 4) is 5.75 Å². The first-order chi connectivity index (χ1) is 8.36. The summed E-state index contributed by atoms with van der Waals surface area (Å²) < 4.78 is 4.36. The zero-order valence-electron chi connectivity index (χ0n) is 9.59. The molecule has 8 heteroatoms.